The molecule has 0 atom stereocenters. The molecule has 0 N–H and O–H groups in total. The molecule has 1 aromatic heterocycles. The minimum atomic E-state index is -2.91. The van der Waals surface area contributed by atoms with Crippen LogP contribution in [0, 0.1) is 0 Å². The predicted octanol–water partition coefficient (Wildman–Crippen LogP) is 4.30. The number of carbonyl (C=O) groups is 1. The molecular formula is C18H19F2NO3. The van der Waals surface area contributed by atoms with Gasteiger partial charge < -0.3 is 14.0 Å². The van der Waals surface area contributed by atoms with Gasteiger partial charge in [-0.1, -0.05) is 6.92 Å². The smallest absolute Gasteiger partial charge is 0.387 e. The number of benzene rings is 1. The van der Waals surface area contributed by atoms with Crippen molar-refractivity contribution < 1.29 is 23.0 Å². The standard InChI is InChI=1S/C18H19F2NO3/c1-3-14(22)12-6-8-21-7-5-11-9-16(24-18(19)20)15(23-4-2)10-13(11)17(12)21/h6,8-10,18H,3-5,7H2,1-2H3. The number of ether oxygens (including phenoxy) is 2. The van der Waals surface area contributed by atoms with Gasteiger partial charge in [0.1, 0.15) is 0 Å². The second-order valence-electron chi connectivity index (χ2n) is 5.57. The molecule has 128 valence electrons. The Kier molecular flexibility index (Phi) is 4.55. The van der Waals surface area contributed by atoms with Gasteiger partial charge in [0.15, 0.2) is 17.3 Å². The summed E-state index contributed by atoms with van der Waals surface area (Å²) in [5.74, 6) is 0.359. The van der Waals surface area contributed by atoms with Crippen molar-refractivity contribution in [2.24, 2.45) is 0 Å². The second kappa shape index (κ2) is 6.63. The van der Waals surface area contributed by atoms with E-state index in [4.69, 9.17) is 4.74 Å². The van der Waals surface area contributed by atoms with Crippen LogP contribution in [-0.4, -0.2) is 23.6 Å². The van der Waals surface area contributed by atoms with E-state index < -0.39 is 6.61 Å². The Hall–Kier alpha value is -2.37. The van der Waals surface area contributed by atoms with E-state index >= 15 is 0 Å². The molecule has 0 amide bonds. The molecule has 0 unspecified atom stereocenters. The summed E-state index contributed by atoms with van der Waals surface area (Å²) in [4.78, 5) is 12.2. The zero-order valence-electron chi connectivity index (χ0n) is 13.6. The maximum atomic E-state index is 12.7. The van der Waals surface area contributed by atoms with Crippen molar-refractivity contribution in [1.29, 1.82) is 0 Å². The van der Waals surface area contributed by atoms with Gasteiger partial charge in [0, 0.05) is 30.3 Å². The third-order valence-corrected chi connectivity index (χ3v) is 4.15. The summed E-state index contributed by atoms with van der Waals surface area (Å²) in [6, 6.07) is 5.12. The molecular weight excluding hydrogens is 316 g/mol. The molecule has 0 bridgehead atoms. The molecule has 1 aliphatic heterocycles. The number of fused-ring (bicyclic) bond motifs is 3. The molecule has 6 heteroatoms. The molecule has 3 rings (SSSR count). The number of Topliss-reactive ketones (excluding diaryl/α,β-unsaturated/α-hetero) is 1. The molecule has 1 aromatic carbocycles. The minimum Gasteiger partial charge on any atom is -0.490 e. The van der Waals surface area contributed by atoms with Gasteiger partial charge in [0.25, 0.3) is 0 Å². The van der Waals surface area contributed by atoms with E-state index in [-0.39, 0.29) is 17.3 Å². The lowest BCUT2D eigenvalue weighted by atomic mass is 9.94. The highest BCUT2D eigenvalue weighted by Gasteiger charge is 2.25. The number of aryl methyl sites for hydroxylation is 2. The molecule has 0 fully saturated rings. The SMILES string of the molecule is CCOc1cc2c(cc1OC(F)F)CCn1ccc(C(=O)CC)c1-2. The van der Waals surface area contributed by atoms with E-state index in [1.165, 1.54) is 0 Å². The Morgan fingerprint density at radius 1 is 1.29 bits per heavy atom. The number of halogens is 2. The maximum Gasteiger partial charge on any atom is 0.387 e. The third kappa shape index (κ3) is 2.88. The zero-order valence-corrected chi connectivity index (χ0v) is 13.6. The maximum absolute atomic E-state index is 12.7. The van der Waals surface area contributed by atoms with Crippen LogP contribution in [0.3, 0.4) is 0 Å². The first kappa shape index (κ1) is 16.5. The van der Waals surface area contributed by atoms with Gasteiger partial charge in [-0.2, -0.15) is 8.78 Å². The van der Waals surface area contributed by atoms with Crippen LogP contribution in [0.5, 0.6) is 11.5 Å². The predicted molar refractivity (Wildman–Crippen MR) is 86.0 cm³/mol. The highest BCUT2D eigenvalue weighted by atomic mass is 19.3. The first-order valence-corrected chi connectivity index (χ1v) is 8.02. The fraction of sp³-hybridized carbons (Fsp3) is 0.389. The van der Waals surface area contributed by atoms with Crippen molar-refractivity contribution in [2.45, 2.75) is 39.8 Å². The van der Waals surface area contributed by atoms with E-state index in [1.54, 1.807) is 19.1 Å². The van der Waals surface area contributed by atoms with Gasteiger partial charge in [-0.25, -0.2) is 0 Å². The van der Waals surface area contributed by atoms with E-state index in [9.17, 15) is 13.6 Å². The van der Waals surface area contributed by atoms with Crippen molar-refractivity contribution in [3.05, 3.63) is 35.5 Å². The topological polar surface area (TPSA) is 40.5 Å². The van der Waals surface area contributed by atoms with Crippen molar-refractivity contribution in [1.82, 2.24) is 4.57 Å². The van der Waals surface area contributed by atoms with Gasteiger partial charge in [-0.3, -0.25) is 4.79 Å². The van der Waals surface area contributed by atoms with E-state index in [0.717, 1.165) is 16.8 Å². The second-order valence-corrected chi connectivity index (χ2v) is 5.57. The van der Waals surface area contributed by atoms with Crippen LogP contribution in [-0.2, 0) is 13.0 Å². The summed E-state index contributed by atoms with van der Waals surface area (Å²) >= 11 is 0. The van der Waals surface area contributed by atoms with E-state index in [1.807, 2.05) is 23.8 Å². The Labute approximate surface area is 139 Å². The Bertz CT molecular complexity index is 768. The van der Waals surface area contributed by atoms with Crippen LogP contribution in [0.15, 0.2) is 24.4 Å². The lowest BCUT2D eigenvalue weighted by Gasteiger charge is -2.23. The molecule has 0 radical (unpaired) electrons. The van der Waals surface area contributed by atoms with E-state index in [2.05, 4.69) is 4.74 Å². The van der Waals surface area contributed by atoms with Crippen molar-refractivity contribution >= 4 is 5.78 Å². The van der Waals surface area contributed by atoms with Gasteiger partial charge in [0.2, 0.25) is 0 Å². The summed E-state index contributed by atoms with van der Waals surface area (Å²) in [5.41, 5.74) is 3.20. The quantitative estimate of drug-likeness (QED) is 0.739. The molecule has 2 aromatic rings. The number of alkyl halides is 2. The highest BCUT2D eigenvalue weighted by molar-refractivity contribution is 6.02. The fourth-order valence-corrected chi connectivity index (χ4v) is 3.10. The zero-order chi connectivity index (χ0) is 17.3. The van der Waals surface area contributed by atoms with E-state index in [0.29, 0.717) is 31.6 Å². The molecule has 2 heterocycles. The Morgan fingerprint density at radius 3 is 2.75 bits per heavy atom. The van der Waals surface area contributed by atoms with Gasteiger partial charge in [0.05, 0.1) is 12.3 Å². The monoisotopic (exact) mass is 335 g/mol. The molecule has 4 nitrogen and oxygen atoms in total. The number of hydrogen-bond donors (Lipinski definition) is 0. The van der Waals surface area contributed by atoms with Crippen molar-refractivity contribution in [2.75, 3.05) is 6.61 Å². The Morgan fingerprint density at radius 2 is 2.08 bits per heavy atom. The van der Waals surface area contributed by atoms with Gasteiger partial charge in [-0.05, 0) is 37.1 Å². The summed E-state index contributed by atoms with van der Waals surface area (Å²) in [6.45, 7) is 1.72. The average Bonchev–Trinajstić information content (AvgIpc) is 2.99. The first-order chi connectivity index (χ1) is 11.5. The van der Waals surface area contributed by atoms with Crippen LogP contribution >= 0.6 is 0 Å². The average molecular weight is 335 g/mol. The minimum absolute atomic E-state index is 0.0361. The number of carbonyl (C=O) groups excluding carboxylic acids is 1. The molecule has 0 saturated heterocycles. The number of rotatable bonds is 6. The van der Waals surface area contributed by atoms with Crippen LogP contribution in [0.25, 0.3) is 11.3 Å². The number of aromatic nitrogens is 1. The van der Waals surface area contributed by atoms with Crippen molar-refractivity contribution in [3.8, 4) is 22.8 Å². The van der Waals surface area contributed by atoms with Crippen LogP contribution in [0.4, 0.5) is 8.78 Å². The lowest BCUT2D eigenvalue weighted by molar-refractivity contribution is -0.0514. The third-order valence-electron chi connectivity index (χ3n) is 4.15. The lowest BCUT2D eigenvalue weighted by Crippen LogP contribution is -2.13. The van der Waals surface area contributed by atoms with Crippen LogP contribution < -0.4 is 9.47 Å². The largest absolute Gasteiger partial charge is 0.490 e. The fourth-order valence-electron chi connectivity index (χ4n) is 3.10. The summed E-state index contributed by atoms with van der Waals surface area (Å²) in [6.07, 6.45) is 2.99. The summed E-state index contributed by atoms with van der Waals surface area (Å²) in [5, 5.41) is 0. The highest BCUT2D eigenvalue weighted by Crippen LogP contribution is 2.41. The molecule has 0 spiro atoms. The molecule has 0 saturated carbocycles. The summed E-state index contributed by atoms with van der Waals surface area (Å²) < 4.78 is 37.4. The molecule has 24 heavy (non-hydrogen) atoms. The van der Waals surface area contributed by atoms with Gasteiger partial charge >= 0.3 is 6.61 Å². The number of ketones is 1. The normalized spacial score (nSPS) is 12.7. The van der Waals surface area contributed by atoms with Crippen LogP contribution in [0.2, 0.25) is 0 Å². The Balaban J connectivity index is 2.14. The van der Waals surface area contributed by atoms with Crippen molar-refractivity contribution in [3.63, 3.8) is 0 Å². The first-order valence-electron chi connectivity index (χ1n) is 8.02. The number of hydrogen-bond acceptors (Lipinski definition) is 3. The summed E-state index contributed by atoms with van der Waals surface area (Å²) in [7, 11) is 0. The van der Waals surface area contributed by atoms with Gasteiger partial charge in [-0.15, -0.1) is 0 Å². The van der Waals surface area contributed by atoms with Crippen LogP contribution in [0.1, 0.15) is 36.2 Å². The molecule has 1 aliphatic rings. The number of nitrogens with zero attached hydrogens (tertiary/aromatic N) is 1. The molecule has 0 aliphatic carbocycles.